The number of nitrogens with zero attached hydrogens (tertiary/aromatic N) is 3. The van der Waals surface area contributed by atoms with Crippen molar-refractivity contribution < 1.29 is 4.79 Å². The molecule has 0 aliphatic heterocycles. The van der Waals surface area contributed by atoms with Crippen LogP contribution in [-0.2, 0) is 4.79 Å². The molecule has 0 saturated carbocycles. The molecule has 1 aromatic carbocycles. The summed E-state index contributed by atoms with van der Waals surface area (Å²) in [6, 6.07) is 6.05. The standard InChI is InChI=1S/C17H23N3O/c1-11-7-8-15(12(2)9-11)16-13(3)10-20(18-16)14(4)17(21)19(5)6/h7-10,14H,1-6H3. The van der Waals surface area contributed by atoms with Crippen LogP contribution in [0.3, 0.4) is 0 Å². The molecule has 112 valence electrons. The van der Waals surface area contributed by atoms with Gasteiger partial charge in [0.1, 0.15) is 6.04 Å². The average Bonchev–Trinajstić information content (AvgIpc) is 2.79. The van der Waals surface area contributed by atoms with E-state index in [1.807, 2.05) is 20.0 Å². The normalized spacial score (nSPS) is 12.3. The first-order valence-electron chi connectivity index (χ1n) is 7.15. The number of rotatable bonds is 3. The van der Waals surface area contributed by atoms with Crippen LogP contribution >= 0.6 is 0 Å². The van der Waals surface area contributed by atoms with Gasteiger partial charge in [-0.2, -0.15) is 5.10 Å². The summed E-state index contributed by atoms with van der Waals surface area (Å²) in [5, 5.41) is 4.64. The van der Waals surface area contributed by atoms with E-state index in [0.29, 0.717) is 0 Å². The van der Waals surface area contributed by atoms with Crippen molar-refractivity contribution in [3.05, 3.63) is 41.1 Å². The average molecular weight is 285 g/mol. The van der Waals surface area contributed by atoms with E-state index in [1.165, 1.54) is 11.1 Å². The summed E-state index contributed by atoms with van der Waals surface area (Å²) >= 11 is 0. The van der Waals surface area contributed by atoms with Crippen LogP contribution in [0.5, 0.6) is 0 Å². The minimum atomic E-state index is -0.293. The Hall–Kier alpha value is -2.10. The Kier molecular flexibility index (Phi) is 4.16. The molecule has 0 N–H and O–H groups in total. The first kappa shape index (κ1) is 15.3. The lowest BCUT2D eigenvalue weighted by Gasteiger charge is -2.17. The zero-order chi connectivity index (χ0) is 15.7. The molecule has 2 rings (SSSR count). The Balaban J connectivity index is 2.42. The summed E-state index contributed by atoms with van der Waals surface area (Å²) in [7, 11) is 3.53. The summed E-state index contributed by atoms with van der Waals surface area (Å²) in [5.41, 5.74) is 5.60. The Morgan fingerprint density at radius 2 is 1.86 bits per heavy atom. The van der Waals surface area contributed by atoms with Gasteiger partial charge in [-0.05, 0) is 38.8 Å². The molecule has 1 unspecified atom stereocenters. The fourth-order valence-corrected chi connectivity index (χ4v) is 2.51. The predicted octanol–water partition coefficient (Wildman–Crippen LogP) is 3.12. The highest BCUT2D eigenvalue weighted by molar-refractivity contribution is 5.79. The van der Waals surface area contributed by atoms with Gasteiger partial charge in [-0.3, -0.25) is 9.48 Å². The molecule has 0 bridgehead atoms. The minimum absolute atomic E-state index is 0.0460. The maximum atomic E-state index is 12.1. The molecule has 1 aromatic heterocycles. The maximum absolute atomic E-state index is 12.1. The van der Waals surface area contributed by atoms with Gasteiger partial charge in [0.15, 0.2) is 0 Å². The highest BCUT2D eigenvalue weighted by Gasteiger charge is 2.20. The lowest BCUT2D eigenvalue weighted by molar-refractivity contribution is -0.131. The second-order valence-corrected chi connectivity index (χ2v) is 5.87. The number of hydrogen-bond acceptors (Lipinski definition) is 2. The van der Waals surface area contributed by atoms with Crippen LogP contribution in [0.1, 0.15) is 29.7 Å². The molecule has 4 heteroatoms. The largest absolute Gasteiger partial charge is 0.347 e. The lowest BCUT2D eigenvalue weighted by Crippen LogP contribution is -2.30. The van der Waals surface area contributed by atoms with Crippen molar-refractivity contribution in [1.82, 2.24) is 14.7 Å². The smallest absolute Gasteiger partial charge is 0.246 e. The van der Waals surface area contributed by atoms with Crippen LogP contribution < -0.4 is 0 Å². The van der Waals surface area contributed by atoms with Crippen LogP contribution in [0.15, 0.2) is 24.4 Å². The number of carbonyl (C=O) groups is 1. The summed E-state index contributed by atoms with van der Waals surface area (Å²) in [6.45, 7) is 8.08. The number of amides is 1. The highest BCUT2D eigenvalue weighted by atomic mass is 16.2. The molecular formula is C17H23N3O. The van der Waals surface area contributed by atoms with Crippen molar-refractivity contribution >= 4 is 5.91 Å². The molecule has 2 aromatic rings. The quantitative estimate of drug-likeness (QED) is 0.869. The number of aryl methyl sites for hydroxylation is 3. The topological polar surface area (TPSA) is 38.1 Å². The zero-order valence-electron chi connectivity index (χ0n) is 13.6. The fourth-order valence-electron chi connectivity index (χ4n) is 2.51. The third kappa shape index (κ3) is 2.99. The van der Waals surface area contributed by atoms with Gasteiger partial charge in [-0.1, -0.05) is 23.8 Å². The van der Waals surface area contributed by atoms with Gasteiger partial charge in [0.25, 0.3) is 0 Å². The van der Waals surface area contributed by atoms with Crippen molar-refractivity contribution in [1.29, 1.82) is 0 Å². The molecular weight excluding hydrogens is 262 g/mol. The second kappa shape index (κ2) is 5.72. The third-order valence-electron chi connectivity index (χ3n) is 3.75. The molecule has 0 spiro atoms. The summed E-state index contributed by atoms with van der Waals surface area (Å²) in [4.78, 5) is 13.7. The fraction of sp³-hybridized carbons (Fsp3) is 0.412. The molecule has 0 radical (unpaired) electrons. The van der Waals surface area contributed by atoms with Gasteiger partial charge in [0.2, 0.25) is 5.91 Å². The van der Waals surface area contributed by atoms with Crippen molar-refractivity contribution in [3.63, 3.8) is 0 Å². The van der Waals surface area contributed by atoms with E-state index in [4.69, 9.17) is 0 Å². The van der Waals surface area contributed by atoms with Gasteiger partial charge in [-0.15, -0.1) is 0 Å². The molecule has 0 aliphatic carbocycles. The van der Waals surface area contributed by atoms with Gasteiger partial charge >= 0.3 is 0 Å². The van der Waals surface area contributed by atoms with Gasteiger partial charge in [-0.25, -0.2) is 0 Å². The molecule has 1 amide bonds. The van der Waals surface area contributed by atoms with Gasteiger partial charge in [0.05, 0.1) is 5.69 Å². The molecule has 1 atom stereocenters. The van der Waals surface area contributed by atoms with Crippen molar-refractivity contribution in [2.24, 2.45) is 0 Å². The highest BCUT2D eigenvalue weighted by Crippen LogP contribution is 2.26. The monoisotopic (exact) mass is 285 g/mol. The van der Waals surface area contributed by atoms with E-state index in [0.717, 1.165) is 16.8 Å². The number of benzene rings is 1. The molecule has 0 saturated heterocycles. The maximum Gasteiger partial charge on any atom is 0.246 e. The first-order valence-corrected chi connectivity index (χ1v) is 7.15. The summed E-state index contributed by atoms with van der Waals surface area (Å²) in [6.07, 6.45) is 1.95. The number of carbonyl (C=O) groups excluding carboxylic acids is 1. The number of likely N-dealkylation sites (N-methyl/N-ethyl adjacent to an activating group) is 1. The Morgan fingerprint density at radius 3 is 2.43 bits per heavy atom. The van der Waals surface area contributed by atoms with Gasteiger partial charge < -0.3 is 4.90 Å². The van der Waals surface area contributed by atoms with Crippen LogP contribution in [0, 0.1) is 20.8 Å². The lowest BCUT2D eigenvalue weighted by atomic mass is 10.0. The summed E-state index contributed by atoms with van der Waals surface area (Å²) in [5.74, 6) is 0.0460. The van der Waals surface area contributed by atoms with Crippen LogP contribution in [0.2, 0.25) is 0 Å². The molecule has 21 heavy (non-hydrogen) atoms. The Labute approximate surface area is 126 Å². The zero-order valence-corrected chi connectivity index (χ0v) is 13.6. The Bertz CT molecular complexity index is 671. The Morgan fingerprint density at radius 1 is 1.19 bits per heavy atom. The molecule has 0 fully saturated rings. The van der Waals surface area contributed by atoms with E-state index in [-0.39, 0.29) is 11.9 Å². The van der Waals surface area contributed by atoms with E-state index >= 15 is 0 Å². The van der Waals surface area contributed by atoms with E-state index in [2.05, 4.69) is 37.1 Å². The number of aromatic nitrogens is 2. The SMILES string of the molecule is Cc1ccc(-c2nn(C(C)C(=O)N(C)C)cc2C)c(C)c1. The third-order valence-corrected chi connectivity index (χ3v) is 3.75. The van der Waals surface area contributed by atoms with Crippen LogP contribution in [0.25, 0.3) is 11.3 Å². The molecule has 0 aliphatic rings. The van der Waals surface area contributed by atoms with E-state index < -0.39 is 0 Å². The van der Waals surface area contributed by atoms with Crippen molar-refractivity contribution in [3.8, 4) is 11.3 Å². The van der Waals surface area contributed by atoms with Gasteiger partial charge in [0, 0.05) is 25.9 Å². The summed E-state index contributed by atoms with van der Waals surface area (Å²) < 4.78 is 1.76. The van der Waals surface area contributed by atoms with E-state index in [1.54, 1.807) is 23.7 Å². The van der Waals surface area contributed by atoms with Crippen molar-refractivity contribution in [2.75, 3.05) is 14.1 Å². The van der Waals surface area contributed by atoms with Crippen LogP contribution in [-0.4, -0.2) is 34.7 Å². The first-order chi connectivity index (χ1) is 9.81. The van der Waals surface area contributed by atoms with Crippen molar-refractivity contribution in [2.45, 2.75) is 33.7 Å². The second-order valence-electron chi connectivity index (χ2n) is 5.87. The number of hydrogen-bond donors (Lipinski definition) is 0. The molecule has 1 heterocycles. The molecule has 4 nitrogen and oxygen atoms in total. The predicted molar refractivity (Wildman–Crippen MR) is 85.3 cm³/mol. The van der Waals surface area contributed by atoms with E-state index in [9.17, 15) is 4.79 Å². The van der Waals surface area contributed by atoms with Crippen LogP contribution in [0.4, 0.5) is 0 Å². The minimum Gasteiger partial charge on any atom is -0.347 e.